The average Bonchev–Trinajstić information content (AvgIpc) is 3.00. The molecule has 1 aromatic rings. The normalized spacial score (nSPS) is 19.2. The van der Waals surface area contributed by atoms with Crippen LogP contribution in [-0.4, -0.2) is 16.4 Å². The van der Waals surface area contributed by atoms with Crippen molar-refractivity contribution in [1.29, 1.82) is 0 Å². The van der Waals surface area contributed by atoms with Gasteiger partial charge in [0, 0.05) is 11.3 Å². The molecule has 1 heterocycles. The highest BCUT2D eigenvalue weighted by Crippen LogP contribution is 2.40. The van der Waals surface area contributed by atoms with Gasteiger partial charge in [-0.1, -0.05) is 6.92 Å². The van der Waals surface area contributed by atoms with Crippen LogP contribution in [0.5, 0.6) is 0 Å². The third-order valence-corrected chi connectivity index (χ3v) is 3.77. The minimum absolute atomic E-state index is 0.160. The van der Waals surface area contributed by atoms with E-state index in [1.54, 1.807) is 6.92 Å². The van der Waals surface area contributed by atoms with Crippen molar-refractivity contribution in [2.75, 3.05) is 5.32 Å². The summed E-state index contributed by atoms with van der Waals surface area (Å²) in [5.41, 5.74) is 6.14. The molecule has 1 aliphatic rings. The number of hydrogen-bond acceptors (Lipinski definition) is 4. The molecule has 2 rings (SSSR count). The zero-order valence-corrected chi connectivity index (χ0v) is 10.4. The van der Waals surface area contributed by atoms with Gasteiger partial charge >= 0.3 is 0 Å². The topological polar surface area (TPSA) is 68.0 Å². The highest BCUT2D eigenvalue weighted by molar-refractivity contribution is 7.13. The molecular formula is C11H17N3OS. The first kappa shape index (κ1) is 11.5. The van der Waals surface area contributed by atoms with E-state index < -0.39 is 5.54 Å². The lowest BCUT2D eigenvalue weighted by Gasteiger charge is -2.20. The number of aromatic nitrogens is 1. The molecule has 0 spiro atoms. The number of nitrogens with zero attached hydrogens (tertiary/aromatic N) is 1. The second-order valence-corrected chi connectivity index (χ2v) is 5.44. The van der Waals surface area contributed by atoms with Gasteiger partial charge < -0.3 is 11.1 Å². The molecule has 0 radical (unpaired) electrons. The van der Waals surface area contributed by atoms with Gasteiger partial charge in [-0.25, -0.2) is 4.98 Å². The Labute approximate surface area is 99.3 Å². The monoisotopic (exact) mass is 239 g/mol. The maximum atomic E-state index is 11.8. The molecule has 1 aromatic heterocycles. The first-order valence-corrected chi connectivity index (χ1v) is 6.46. The summed E-state index contributed by atoms with van der Waals surface area (Å²) in [6.07, 6.45) is 3.06. The van der Waals surface area contributed by atoms with Gasteiger partial charge in [-0.2, -0.15) is 0 Å². The zero-order chi connectivity index (χ0) is 11.8. The van der Waals surface area contributed by atoms with Crippen LogP contribution in [0, 0.1) is 0 Å². The molecule has 3 N–H and O–H groups in total. The first-order chi connectivity index (χ1) is 7.53. The van der Waals surface area contributed by atoms with Gasteiger partial charge in [0.15, 0.2) is 5.13 Å². The molecule has 5 heteroatoms. The van der Waals surface area contributed by atoms with Crippen LogP contribution in [0.1, 0.15) is 44.7 Å². The summed E-state index contributed by atoms with van der Waals surface area (Å²) in [7, 11) is 0. The summed E-state index contributed by atoms with van der Waals surface area (Å²) in [6, 6.07) is 0. The van der Waals surface area contributed by atoms with Gasteiger partial charge in [0.2, 0.25) is 5.91 Å². The van der Waals surface area contributed by atoms with Crippen molar-refractivity contribution in [2.24, 2.45) is 5.73 Å². The zero-order valence-electron chi connectivity index (χ0n) is 9.62. The van der Waals surface area contributed by atoms with E-state index >= 15 is 0 Å². The third-order valence-electron chi connectivity index (χ3n) is 2.99. The van der Waals surface area contributed by atoms with E-state index in [0.29, 0.717) is 17.5 Å². The van der Waals surface area contributed by atoms with E-state index in [4.69, 9.17) is 5.73 Å². The Kier molecular flexibility index (Phi) is 2.99. The molecule has 0 bridgehead atoms. The number of nitrogens with one attached hydrogen (secondary N) is 1. The Balaban J connectivity index is 2.00. The van der Waals surface area contributed by atoms with Gasteiger partial charge in [-0.3, -0.25) is 4.79 Å². The molecule has 0 aromatic carbocycles. The fraction of sp³-hybridized carbons (Fsp3) is 0.636. The number of rotatable bonds is 4. The van der Waals surface area contributed by atoms with Crippen LogP contribution in [0.4, 0.5) is 5.13 Å². The highest BCUT2D eigenvalue weighted by Gasteiger charge is 2.29. The van der Waals surface area contributed by atoms with Gasteiger partial charge in [0.05, 0.1) is 11.2 Å². The number of carbonyl (C=O) groups excluding carboxylic acids is 1. The molecule has 16 heavy (non-hydrogen) atoms. The van der Waals surface area contributed by atoms with Crippen molar-refractivity contribution in [2.45, 2.75) is 44.6 Å². The minimum Gasteiger partial charge on any atom is -0.318 e. The Morgan fingerprint density at radius 3 is 3.00 bits per heavy atom. The smallest absolute Gasteiger partial charge is 0.245 e. The second-order valence-electron chi connectivity index (χ2n) is 4.58. The highest BCUT2D eigenvalue weighted by atomic mass is 32.1. The maximum absolute atomic E-state index is 11.8. The average molecular weight is 239 g/mol. The molecule has 0 saturated heterocycles. The van der Waals surface area contributed by atoms with Crippen molar-refractivity contribution in [1.82, 2.24) is 4.98 Å². The summed E-state index contributed by atoms with van der Waals surface area (Å²) in [4.78, 5) is 16.2. The molecule has 1 saturated carbocycles. The van der Waals surface area contributed by atoms with Crippen LogP contribution in [0.15, 0.2) is 5.38 Å². The predicted molar refractivity (Wildman–Crippen MR) is 65.6 cm³/mol. The maximum Gasteiger partial charge on any atom is 0.245 e. The van der Waals surface area contributed by atoms with Crippen molar-refractivity contribution < 1.29 is 4.79 Å². The van der Waals surface area contributed by atoms with Gasteiger partial charge in [-0.15, -0.1) is 11.3 Å². The standard InChI is InChI=1S/C11H17N3OS/c1-3-11(2,12)9(15)14-10-13-8(6-16-10)7-4-5-7/h6-7H,3-5,12H2,1-2H3,(H,13,14,15). The van der Waals surface area contributed by atoms with E-state index in [0.717, 1.165) is 5.69 Å². The number of amides is 1. The van der Waals surface area contributed by atoms with Gasteiger partial charge in [0.25, 0.3) is 0 Å². The summed E-state index contributed by atoms with van der Waals surface area (Å²) >= 11 is 1.47. The lowest BCUT2D eigenvalue weighted by atomic mass is 10.00. The predicted octanol–water partition coefficient (Wildman–Crippen LogP) is 2.09. The molecule has 4 nitrogen and oxygen atoms in total. The summed E-state index contributed by atoms with van der Waals surface area (Å²) < 4.78 is 0. The van der Waals surface area contributed by atoms with E-state index in [1.807, 2.05) is 12.3 Å². The second kappa shape index (κ2) is 4.14. The number of carbonyl (C=O) groups is 1. The summed E-state index contributed by atoms with van der Waals surface area (Å²) in [5, 5.41) is 5.46. The molecule has 1 fully saturated rings. The number of hydrogen-bond donors (Lipinski definition) is 2. The molecule has 1 amide bonds. The first-order valence-electron chi connectivity index (χ1n) is 5.58. The largest absolute Gasteiger partial charge is 0.318 e. The molecule has 88 valence electrons. The summed E-state index contributed by atoms with van der Waals surface area (Å²) in [5.74, 6) is 0.462. The summed E-state index contributed by atoms with van der Waals surface area (Å²) in [6.45, 7) is 3.63. The van der Waals surface area contributed by atoms with E-state index in [1.165, 1.54) is 24.2 Å². The molecule has 1 atom stereocenters. The van der Waals surface area contributed by atoms with Crippen LogP contribution in [0.25, 0.3) is 0 Å². The quantitative estimate of drug-likeness (QED) is 0.845. The fourth-order valence-corrected chi connectivity index (χ4v) is 2.10. The van der Waals surface area contributed by atoms with Crippen molar-refractivity contribution in [3.63, 3.8) is 0 Å². The number of nitrogens with two attached hydrogens (primary N) is 1. The van der Waals surface area contributed by atoms with Crippen LogP contribution < -0.4 is 11.1 Å². The molecular weight excluding hydrogens is 222 g/mol. The van der Waals surface area contributed by atoms with Crippen molar-refractivity contribution >= 4 is 22.4 Å². The van der Waals surface area contributed by atoms with Crippen LogP contribution in [0.2, 0.25) is 0 Å². The van der Waals surface area contributed by atoms with E-state index in [-0.39, 0.29) is 5.91 Å². The number of anilines is 1. The molecule has 0 aliphatic heterocycles. The Bertz CT molecular complexity index is 396. The number of thiazole rings is 1. The third kappa shape index (κ3) is 2.41. The lowest BCUT2D eigenvalue weighted by molar-refractivity contribution is -0.120. The minimum atomic E-state index is -0.814. The van der Waals surface area contributed by atoms with Crippen molar-refractivity contribution in [3.05, 3.63) is 11.1 Å². The van der Waals surface area contributed by atoms with E-state index in [2.05, 4.69) is 10.3 Å². The Hall–Kier alpha value is -0.940. The molecule has 1 unspecified atom stereocenters. The van der Waals surface area contributed by atoms with Crippen LogP contribution >= 0.6 is 11.3 Å². The van der Waals surface area contributed by atoms with E-state index in [9.17, 15) is 4.79 Å². The SMILES string of the molecule is CCC(C)(N)C(=O)Nc1nc(C2CC2)cs1. The van der Waals surface area contributed by atoms with Gasteiger partial charge in [0.1, 0.15) is 0 Å². The Morgan fingerprint density at radius 1 is 1.75 bits per heavy atom. The Morgan fingerprint density at radius 2 is 2.44 bits per heavy atom. The van der Waals surface area contributed by atoms with Crippen LogP contribution in [0.3, 0.4) is 0 Å². The lowest BCUT2D eigenvalue weighted by Crippen LogP contribution is -2.47. The fourth-order valence-electron chi connectivity index (χ4n) is 1.31. The molecule has 1 aliphatic carbocycles. The van der Waals surface area contributed by atoms with Gasteiger partial charge in [-0.05, 0) is 26.2 Å². The van der Waals surface area contributed by atoms with Crippen LogP contribution in [-0.2, 0) is 4.79 Å². The van der Waals surface area contributed by atoms with Crippen molar-refractivity contribution in [3.8, 4) is 0 Å².